The molecule has 0 unspecified atom stereocenters. The highest BCUT2D eigenvalue weighted by molar-refractivity contribution is 6.05. The van der Waals surface area contributed by atoms with E-state index in [2.05, 4.69) is 5.32 Å². The maximum Gasteiger partial charge on any atom is 0.291 e. The van der Waals surface area contributed by atoms with Gasteiger partial charge in [-0.1, -0.05) is 23.8 Å². The first-order valence-corrected chi connectivity index (χ1v) is 6.62. The fourth-order valence-electron chi connectivity index (χ4n) is 2.21. The zero-order chi connectivity index (χ0) is 14.8. The number of hydrogen-bond acceptors (Lipinski definition) is 3. The maximum atomic E-state index is 12.3. The molecule has 0 aliphatic rings. The minimum absolute atomic E-state index is 0.279. The van der Waals surface area contributed by atoms with E-state index in [-0.39, 0.29) is 11.7 Å². The van der Waals surface area contributed by atoms with E-state index in [0.717, 1.165) is 10.9 Å². The summed E-state index contributed by atoms with van der Waals surface area (Å²) in [6.07, 6.45) is 0. The van der Waals surface area contributed by atoms with E-state index >= 15 is 0 Å². The molecular weight excluding hydrogens is 266 g/mol. The first-order valence-electron chi connectivity index (χ1n) is 6.62. The van der Waals surface area contributed by atoms with Crippen molar-refractivity contribution >= 4 is 22.6 Å². The number of furan rings is 1. The highest BCUT2D eigenvalue weighted by Gasteiger charge is 2.14. The summed E-state index contributed by atoms with van der Waals surface area (Å²) in [6.45, 7) is 2.00. The van der Waals surface area contributed by atoms with Gasteiger partial charge in [0, 0.05) is 5.39 Å². The molecule has 0 spiro atoms. The van der Waals surface area contributed by atoms with Gasteiger partial charge in [0.2, 0.25) is 0 Å². The Morgan fingerprint density at radius 2 is 1.95 bits per heavy atom. The summed E-state index contributed by atoms with van der Waals surface area (Å²) in [4.78, 5) is 12.3. The molecule has 1 aromatic heterocycles. The molecule has 0 aliphatic heterocycles. The average molecular weight is 281 g/mol. The molecule has 21 heavy (non-hydrogen) atoms. The van der Waals surface area contributed by atoms with Crippen molar-refractivity contribution in [1.29, 1.82) is 0 Å². The number of carbonyl (C=O) groups is 1. The Balaban J connectivity index is 1.90. The van der Waals surface area contributed by atoms with Gasteiger partial charge in [-0.15, -0.1) is 0 Å². The quantitative estimate of drug-likeness (QED) is 0.789. The normalized spacial score (nSPS) is 10.6. The van der Waals surface area contributed by atoms with Crippen LogP contribution in [0.15, 0.2) is 52.9 Å². The smallest absolute Gasteiger partial charge is 0.291 e. The van der Waals surface area contributed by atoms with Gasteiger partial charge < -0.3 is 14.5 Å². The lowest BCUT2D eigenvalue weighted by Crippen LogP contribution is -2.11. The van der Waals surface area contributed by atoms with E-state index in [4.69, 9.17) is 9.15 Å². The van der Waals surface area contributed by atoms with Gasteiger partial charge in [-0.25, -0.2) is 0 Å². The highest BCUT2D eigenvalue weighted by Crippen LogP contribution is 2.25. The molecule has 0 saturated heterocycles. The third-order valence-electron chi connectivity index (χ3n) is 3.25. The van der Waals surface area contributed by atoms with Crippen LogP contribution in [-0.4, -0.2) is 13.0 Å². The third-order valence-corrected chi connectivity index (χ3v) is 3.25. The topological polar surface area (TPSA) is 51.5 Å². The van der Waals surface area contributed by atoms with Crippen LogP contribution in [0.5, 0.6) is 5.75 Å². The molecule has 0 atom stereocenters. The summed E-state index contributed by atoms with van der Waals surface area (Å²) in [6, 6.07) is 14.8. The van der Waals surface area contributed by atoms with Gasteiger partial charge in [-0.3, -0.25) is 4.79 Å². The van der Waals surface area contributed by atoms with E-state index in [1.807, 2.05) is 37.3 Å². The van der Waals surface area contributed by atoms with Crippen molar-refractivity contribution < 1.29 is 13.9 Å². The summed E-state index contributed by atoms with van der Waals surface area (Å²) in [5, 5.41) is 3.71. The number of nitrogens with one attached hydrogen (secondary N) is 1. The number of benzene rings is 2. The van der Waals surface area contributed by atoms with Crippen LogP contribution in [0.1, 0.15) is 16.1 Å². The molecular formula is C17H15NO3. The number of methoxy groups -OCH3 is 1. The number of ether oxygens (including phenoxy) is 1. The van der Waals surface area contributed by atoms with Crippen LogP contribution in [-0.2, 0) is 0 Å². The van der Waals surface area contributed by atoms with Gasteiger partial charge in [0.1, 0.15) is 11.3 Å². The third kappa shape index (κ3) is 2.60. The summed E-state index contributed by atoms with van der Waals surface area (Å²) >= 11 is 0. The number of aryl methyl sites for hydroxylation is 1. The van der Waals surface area contributed by atoms with Crippen LogP contribution in [0.25, 0.3) is 11.0 Å². The largest absolute Gasteiger partial charge is 0.495 e. The number of para-hydroxylation sites is 2. The van der Waals surface area contributed by atoms with Crippen molar-refractivity contribution in [3.05, 3.63) is 59.9 Å². The summed E-state index contributed by atoms with van der Waals surface area (Å²) in [5.41, 5.74) is 2.44. The fourth-order valence-corrected chi connectivity index (χ4v) is 2.21. The van der Waals surface area contributed by atoms with Gasteiger partial charge >= 0.3 is 0 Å². The molecule has 3 rings (SSSR count). The first kappa shape index (κ1) is 13.2. The molecule has 0 saturated carbocycles. The van der Waals surface area contributed by atoms with E-state index < -0.39 is 0 Å². The fraction of sp³-hybridized carbons (Fsp3) is 0.118. The van der Waals surface area contributed by atoms with Crippen LogP contribution in [0.3, 0.4) is 0 Å². The first-order chi connectivity index (χ1) is 10.2. The van der Waals surface area contributed by atoms with Crippen LogP contribution >= 0.6 is 0 Å². The van der Waals surface area contributed by atoms with Crippen molar-refractivity contribution in [2.45, 2.75) is 6.92 Å². The van der Waals surface area contributed by atoms with Crippen LogP contribution < -0.4 is 10.1 Å². The molecule has 0 fully saturated rings. The molecule has 2 aromatic carbocycles. The highest BCUT2D eigenvalue weighted by atomic mass is 16.5. The zero-order valence-electron chi connectivity index (χ0n) is 11.8. The summed E-state index contributed by atoms with van der Waals surface area (Å²) < 4.78 is 10.8. The van der Waals surface area contributed by atoms with E-state index in [1.54, 1.807) is 25.3 Å². The molecule has 4 nitrogen and oxygen atoms in total. The molecule has 3 aromatic rings. The number of anilines is 1. The molecule has 1 amide bonds. The molecule has 1 N–H and O–H groups in total. The van der Waals surface area contributed by atoms with Gasteiger partial charge in [-0.05, 0) is 37.3 Å². The van der Waals surface area contributed by atoms with Crippen molar-refractivity contribution in [3.8, 4) is 5.75 Å². The number of rotatable bonds is 3. The van der Waals surface area contributed by atoms with Crippen molar-refractivity contribution in [1.82, 2.24) is 0 Å². The molecule has 0 radical (unpaired) electrons. The Kier molecular flexibility index (Phi) is 3.36. The minimum Gasteiger partial charge on any atom is -0.495 e. The molecule has 1 heterocycles. The Labute approximate surface area is 122 Å². The van der Waals surface area contributed by atoms with Gasteiger partial charge in [0.15, 0.2) is 5.76 Å². The molecule has 106 valence electrons. The molecule has 0 bridgehead atoms. The standard InChI is InChI=1S/C17H15NO3/c1-11-7-8-14-12(9-11)10-16(21-14)17(19)18-13-5-3-4-6-15(13)20-2/h3-10H,1-2H3,(H,18,19). The molecule has 0 aliphatic carbocycles. The SMILES string of the molecule is COc1ccccc1NC(=O)c1cc2cc(C)ccc2o1. The van der Waals surface area contributed by atoms with Crippen molar-refractivity contribution in [2.24, 2.45) is 0 Å². The second-order valence-corrected chi connectivity index (χ2v) is 4.81. The lowest BCUT2D eigenvalue weighted by molar-refractivity contribution is 0.0998. The Bertz CT molecular complexity index is 805. The predicted molar refractivity (Wildman–Crippen MR) is 81.9 cm³/mol. The van der Waals surface area contributed by atoms with E-state index in [9.17, 15) is 4.79 Å². The zero-order valence-corrected chi connectivity index (χ0v) is 11.8. The number of carbonyl (C=O) groups excluding carboxylic acids is 1. The van der Waals surface area contributed by atoms with Crippen LogP contribution in [0.4, 0.5) is 5.69 Å². The monoisotopic (exact) mass is 281 g/mol. The Morgan fingerprint density at radius 1 is 1.14 bits per heavy atom. The number of amides is 1. The lowest BCUT2D eigenvalue weighted by atomic mass is 10.2. The molecule has 4 heteroatoms. The van der Waals surface area contributed by atoms with Crippen LogP contribution in [0, 0.1) is 6.92 Å². The van der Waals surface area contributed by atoms with Crippen molar-refractivity contribution in [3.63, 3.8) is 0 Å². The number of fused-ring (bicyclic) bond motifs is 1. The minimum atomic E-state index is -0.298. The maximum absolute atomic E-state index is 12.3. The van der Waals surface area contributed by atoms with Crippen molar-refractivity contribution in [2.75, 3.05) is 12.4 Å². The average Bonchev–Trinajstić information content (AvgIpc) is 2.91. The van der Waals surface area contributed by atoms with E-state index in [0.29, 0.717) is 17.0 Å². The van der Waals surface area contributed by atoms with E-state index in [1.165, 1.54) is 0 Å². The predicted octanol–water partition coefficient (Wildman–Crippen LogP) is 4.00. The lowest BCUT2D eigenvalue weighted by Gasteiger charge is -2.08. The van der Waals surface area contributed by atoms with Gasteiger partial charge in [0.05, 0.1) is 12.8 Å². The number of hydrogen-bond donors (Lipinski definition) is 1. The second kappa shape index (κ2) is 5.32. The second-order valence-electron chi connectivity index (χ2n) is 4.81. The summed E-state index contributed by atoms with van der Waals surface area (Å²) in [5.74, 6) is 0.590. The Hall–Kier alpha value is -2.75. The van der Waals surface area contributed by atoms with Gasteiger partial charge in [0.25, 0.3) is 5.91 Å². The Morgan fingerprint density at radius 3 is 2.76 bits per heavy atom. The van der Waals surface area contributed by atoms with Crippen LogP contribution in [0.2, 0.25) is 0 Å². The van der Waals surface area contributed by atoms with Gasteiger partial charge in [-0.2, -0.15) is 0 Å². The summed E-state index contributed by atoms with van der Waals surface area (Å²) in [7, 11) is 1.56.